The molecule has 2 aliphatic rings. The molecule has 1 atom stereocenters. The molecule has 0 radical (unpaired) electrons. The summed E-state index contributed by atoms with van der Waals surface area (Å²) in [5, 5.41) is 0. The number of hydrazine groups is 1. The van der Waals surface area contributed by atoms with Crippen LogP contribution in [0.4, 0.5) is 18.0 Å². The molecule has 2 N–H and O–H groups in total. The van der Waals surface area contributed by atoms with Gasteiger partial charge in [0.25, 0.3) is 0 Å². The second-order valence-corrected chi connectivity index (χ2v) is 5.19. The molecule has 0 saturated carbocycles. The van der Waals surface area contributed by atoms with Crippen LogP contribution >= 0.6 is 0 Å². The van der Waals surface area contributed by atoms with Crippen LogP contribution in [0, 0.1) is 5.92 Å². The van der Waals surface area contributed by atoms with Crippen LogP contribution in [0.15, 0.2) is 48.4 Å². The second-order valence-electron chi connectivity index (χ2n) is 5.19. The van der Waals surface area contributed by atoms with E-state index in [9.17, 15) is 18.0 Å². The lowest BCUT2D eigenvalue weighted by molar-refractivity contribution is -0.137. The first-order valence-electron chi connectivity index (χ1n) is 6.93. The van der Waals surface area contributed by atoms with Crippen LogP contribution < -0.4 is 10.9 Å². The van der Waals surface area contributed by atoms with Crippen molar-refractivity contribution in [1.29, 1.82) is 0 Å². The minimum Gasteiger partial charge on any atom is -0.444 e. The van der Waals surface area contributed by atoms with Crippen molar-refractivity contribution in [1.82, 2.24) is 15.8 Å². The summed E-state index contributed by atoms with van der Waals surface area (Å²) in [6.07, 6.45) is 0.124. The van der Waals surface area contributed by atoms with Gasteiger partial charge in [0, 0.05) is 24.9 Å². The molecule has 5 nitrogen and oxygen atoms in total. The molecule has 1 fully saturated rings. The third kappa shape index (κ3) is 3.48. The van der Waals surface area contributed by atoms with Gasteiger partial charge in [-0.05, 0) is 17.7 Å². The largest absolute Gasteiger partial charge is 0.444 e. The number of amides is 1. The number of rotatable bonds is 2. The lowest BCUT2D eigenvalue weighted by Crippen LogP contribution is -2.27. The molecule has 3 rings (SSSR count). The smallest absolute Gasteiger partial charge is 0.418 e. The summed E-state index contributed by atoms with van der Waals surface area (Å²) in [6, 6.07) is 4.51. The summed E-state index contributed by atoms with van der Waals surface area (Å²) in [5.41, 5.74) is 6.51. The van der Waals surface area contributed by atoms with E-state index in [-0.39, 0.29) is 12.5 Å². The van der Waals surface area contributed by atoms with Crippen LogP contribution in [-0.2, 0) is 17.5 Å². The maximum absolute atomic E-state index is 12.5. The number of carbonyl (C=O) groups excluding carboxylic acids is 1. The number of ether oxygens (including phenoxy) is 1. The zero-order chi connectivity index (χ0) is 16.4. The zero-order valence-corrected chi connectivity index (χ0v) is 11.9. The summed E-state index contributed by atoms with van der Waals surface area (Å²) in [7, 11) is 0. The Kier molecular flexibility index (Phi) is 3.99. The number of halogens is 3. The zero-order valence-electron chi connectivity index (χ0n) is 11.9. The van der Waals surface area contributed by atoms with Gasteiger partial charge >= 0.3 is 12.3 Å². The van der Waals surface area contributed by atoms with E-state index in [0.717, 1.165) is 24.4 Å². The fraction of sp³-hybridized carbons (Fsp3) is 0.267. The molecule has 0 aromatic heterocycles. The molecule has 1 saturated heterocycles. The molecule has 2 heterocycles. The van der Waals surface area contributed by atoms with Gasteiger partial charge in [-0.2, -0.15) is 13.2 Å². The Hall–Kier alpha value is -2.48. The van der Waals surface area contributed by atoms with Crippen LogP contribution in [0.25, 0.3) is 0 Å². The number of nitrogens with zero attached hydrogens (tertiary/aromatic N) is 1. The molecule has 8 heteroatoms. The highest BCUT2D eigenvalue weighted by molar-refractivity contribution is 5.70. The number of hydrogen-bond donors (Lipinski definition) is 2. The summed E-state index contributed by atoms with van der Waals surface area (Å²) in [4.78, 5) is 13.3. The average Bonchev–Trinajstić information content (AvgIpc) is 2.99. The standard InChI is InChI=1S/C15H14F3N3O2/c16-15(17,18)12-3-1-10(2-4-12)9-23-14(22)21-6-5-11-7-19-20-13(11)8-21/h1-6,8,11,19-20H,7,9H2. The Morgan fingerprint density at radius 3 is 2.74 bits per heavy atom. The summed E-state index contributed by atoms with van der Waals surface area (Å²) >= 11 is 0. The van der Waals surface area contributed by atoms with Crippen LogP contribution in [0.3, 0.4) is 0 Å². The molecule has 1 unspecified atom stereocenters. The number of fused-ring (bicyclic) bond motifs is 1. The van der Waals surface area contributed by atoms with E-state index in [1.54, 1.807) is 12.4 Å². The quantitative estimate of drug-likeness (QED) is 0.878. The molecule has 1 amide bonds. The first kappa shape index (κ1) is 15.4. The Morgan fingerprint density at radius 1 is 1.30 bits per heavy atom. The van der Waals surface area contributed by atoms with Crippen molar-refractivity contribution in [3.05, 3.63) is 59.6 Å². The molecular formula is C15H14F3N3O2. The van der Waals surface area contributed by atoms with Crippen LogP contribution in [0.5, 0.6) is 0 Å². The van der Waals surface area contributed by atoms with Gasteiger partial charge in [-0.1, -0.05) is 18.2 Å². The lowest BCUT2D eigenvalue weighted by atomic mass is 10.1. The fourth-order valence-electron chi connectivity index (χ4n) is 2.28. The van der Waals surface area contributed by atoms with Crippen LogP contribution in [-0.4, -0.2) is 17.5 Å². The van der Waals surface area contributed by atoms with E-state index >= 15 is 0 Å². The fourth-order valence-corrected chi connectivity index (χ4v) is 2.28. The minimum absolute atomic E-state index is 0.0976. The number of carbonyl (C=O) groups is 1. The Morgan fingerprint density at radius 2 is 2.04 bits per heavy atom. The van der Waals surface area contributed by atoms with Crippen LogP contribution in [0.2, 0.25) is 0 Å². The Balaban J connectivity index is 1.57. The molecule has 1 aromatic rings. The van der Waals surface area contributed by atoms with Crippen molar-refractivity contribution < 1.29 is 22.7 Å². The highest BCUT2D eigenvalue weighted by atomic mass is 19.4. The van der Waals surface area contributed by atoms with Gasteiger partial charge in [0.15, 0.2) is 0 Å². The van der Waals surface area contributed by atoms with Crippen molar-refractivity contribution in [2.75, 3.05) is 6.54 Å². The maximum Gasteiger partial charge on any atom is 0.418 e. The molecule has 0 bridgehead atoms. The molecular weight excluding hydrogens is 311 g/mol. The van der Waals surface area contributed by atoms with Crippen molar-refractivity contribution in [3.63, 3.8) is 0 Å². The molecule has 23 heavy (non-hydrogen) atoms. The average molecular weight is 325 g/mol. The van der Waals surface area contributed by atoms with E-state index in [0.29, 0.717) is 5.56 Å². The van der Waals surface area contributed by atoms with E-state index in [1.807, 2.05) is 6.08 Å². The summed E-state index contributed by atoms with van der Waals surface area (Å²) < 4.78 is 42.5. The van der Waals surface area contributed by atoms with Gasteiger partial charge < -0.3 is 10.2 Å². The molecule has 1 aromatic carbocycles. The van der Waals surface area contributed by atoms with E-state index in [2.05, 4.69) is 10.9 Å². The van der Waals surface area contributed by atoms with Crippen molar-refractivity contribution in [3.8, 4) is 0 Å². The lowest BCUT2D eigenvalue weighted by Gasteiger charge is -2.20. The number of hydrogen-bond acceptors (Lipinski definition) is 4. The highest BCUT2D eigenvalue weighted by Gasteiger charge is 2.30. The van der Waals surface area contributed by atoms with E-state index in [1.165, 1.54) is 17.0 Å². The van der Waals surface area contributed by atoms with E-state index in [4.69, 9.17) is 4.74 Å². The van der Waals surface area contributed by atoms with Gasteiger partial charge in [-0.15, -0.1) is 0 Å². The number of nitrogens with one attached hydrogen (secondary N) is 2. The van der Waals surface area contributed by atoms with Gasteiger partial charge in [-0.25, -0.2) is 10.2 Å². The second kappa shape index (κ2) is 5.96. The third-order valence-electron chi connectivity index (χ3n) is 3.57. The summed E-state index contributed by atoms with van der Waals surface area (Å²) in [5.74, 6) is 0.203. The van der Waals surface area contributed by atoms with Crippen molar-refractivity contribution in [2.45, 2.75) is 12.8 Å². The molecule has 122 valence electrons. The minimum atomic E-state index is -4.38. The predicted molar refractivity (Wildman–Crippen MR) is 75.3 cm³/mol. The summed E-state index contributed by atoms with van der Waals surface area (Å²) in [6.45, 7) is 0.649. The molecule has 0 spiro atoms. The molecule has 0 aliphatic carbocycles. The van der Waals surface area contributed by atoms with Crippen molar-refractivity contribution >= 4 is 6.09 Å². The van der Waals surface area contributed by atoms with Gasteiger partial charge in [0.1, 0.15) is 6.61 Å². The number of benzene rings is 1. The SMILES string of the molecule is O=C(OCc1ccc(C(F)(F)F)cc1)N1C=CC2CNNC2=C1. The van der Waals surface area contributed by atoms with Crippen molar-refractivity contribution in [2.24, 2.45) is 5.92 Å². The predicted octanol–water partition coefficient (Wildman–Crippen LogP) is 2.74. The normalized spacial score (nSPS) is 19.9. The first-order chi connectivity index (χ1) is 10.9. The Labute approximate surface area is 130 Å². The topological polar surface area (TPSA) is 53.6 Å². The third-order valence-corrected chi connectivity index (χ3v) is 3.57. The first-order valence-corrected chi connectivity index (χ1v) is 6.93. The van der Waals surface area contributed by atoms with Gasteiger partial charge in [-0.3, -0.25) is 4.90 Å². The van der Waals surface area contributed by atoms with E-state index < -0.39 is 17.8 Å². The highest BCUT2D eigenvalue weighted by Crippen LogP contribution is 2.29. The monoisotopic (exact) mass is 325 g/mol. The maximum atomic E-state index is 12.5. The van der Waals surface area contributed by atoms with Gasteiger partial charge in [0.2, 0.25) is 0 Å². The Bertz CT molecular complexity index is 653. The van der Waals surface area contributed by atoms with Gasteiger partial charge in [0.05, 0.1) is 11.3 Å². The molecule has 2 aliphatic heterocycles. The number of alkyl halides is 3. The van der Waals surface area contributed by atoms with Crippen LogP contribution in [0.1, 0.15) is 11.1 Å².